The molecule has 0 saturated carbocycles. The van der Waals surface area contributed by atoms with Crippen LogP contribution in [-0.4, -0.2) is 5.54 Å². The lowest BCUT2D eigenvalue weighted by molar-refractivity contribution is 0.460. The summed E-state index contributed by atoms with van der Waals surface area (Å²) in [6.07, 6.45) is 1.56. The predicted molar refractivity (Wildman–Crippen MR) is 87.1 cm³/mol. The van der Waals surface area contributed by atoms with Crippen molar-refractivity contribution in [3.63, 3.8) is 0 Å². The van der Waals surface area contributed by atoms with Gasteiger partial charge in [-0.25, -0.2) is 4.39 Å². The topological polar surface area (TPSA) is 26.0 Å². The Morgan fingerprint density at radius 2 is 1.48 bits per heavy atom. The van der Waals surface area contributed by atoms with E-state index in [1.807, 2.05) is 12.1 Å². The lowest BCUT2D eigenvalue weighted by Gasteiger charge is -2.27. The van der Waals surface area contributed by atoms with Crippen molar-refractivity contribution in [2.45, 2.75) is 46.1 Å². The van der Waals surface area contributed by atoms with E-state index in [0.29, 0.717) is 0 Å². The standard InChI is InChI=1S/C19H24FN/c1-13-9-14(2)18(15(3)10-13)12-19(4,21)11-16-5-7-17(20)8-6-16/h5-10H,11-12,21H2,1-4H3. The summed E-state index contributed by atoms with van der Waals surface area (Å²) in [6, 6.07) is 11.0. The molecule has 2 aromatic rings. The van der Waals surface area contributed by atoms with Crippen molar-refractivity contribution in [3.05, 3.63) is 70.0 Å². The number of rotatable bonds is 4. The van der Waals surface area contributed by atoms with Crippen LogP contribution in [0.2, 0.25) is 0 Å². The van der Waals surface area contributed by atoms with Crippen molar-refractivity contribution in [2.75, 3.05) is 0 Å². The number of benzene rings is 2. The second-order valence-electron chi connectivity index (χ2n) is 6.51. The van der Waals surface area contributed by atoms with E-state index in [1.54, 1.807) is 0 Å². The summed E-state index contributed by atoms with van der Waals surface area (Å²) in [7, 11) is 0. The summed E-state index contributed by atoms with van der Waals surface area (Å²) in [5.41, 5.74) is 12.4. The first-order valence-corrected chi connectivity index (χ1v) is 7.37. The van der Waals surface area contributed by atoms with Gasteiger partial charge in [-0.2, -0.15) is 0 Å². The molecular weight excluding hydrogens is 261 g/mol. The number of hydrogen-bond acceptors (Lipinski definition) is 1. The molecular formula is C19H24FN. The third-order valence-electron chi connectivity index (χ3n) is 3.94. The van der Waals surface area contributed by atoms with Gasteiger partial charge in [0, 0.05) is 5.54 Å². The van der Waals surface area contributed by atoms with Crippen molar-refractivity contribution >= 4 is 0 Å². The van der Waals surface area contributed by atoms with Crippen LogP contribution in [0.5, 0.6) is 0 Å². The van der Waals surface area contributed by atoms with Gasteiger partial charge in [-0.15, -0.1) is 0 Å². The molecule has 0 aliphatic rings. The minimum Gasteiger partial charge on any atom is -0.325 e. The van der Waals surface area contributed by atoms with Crippen LogP contribution in [-0.2, 0) is 12.8 Å². The maximum Gasteiger partial charge on any atom is 0.123 e. The Labute approximate surface area is 127 Å². The summed E-state index contributed by atoms with van der Waals surface area (Å²) in [4.78, 5) is 0. The van der Waals surface area contributed by atoms with E-state index in [9.17, 15) is 4.39 Å². The largest absolute Gasteiger partial charge is 0.325 e. The molecule has 0 bridgehead atoms. The zero-order valence-corrected chi connectivity index (χ0v) is 13.3. The van der Waals surface area contributed by atoms with Gasteiger partial charge in [0.2, 0.25) is 0 Å². The molecule has 21 heavy (non-hydrogen) atoms. The molecule has 0 fully saturated rings. The van der Waals surface area contributed by atoms with E-state index in [4.69, 9.17) is 5.73 Å². The highest BCUT2D eigenvalue weighted by Crippen LogP contribution is 2.23. The Morgan fingerprint density at radius 1 is 0.952 bits per heavy atom. The van der Waals surface area contributed by atoms with Gasteiger partial charge in [-0.3, -0.25) is 0 Å². The Morgan fingerprint density at radius 3 is 2.00 bits per heavy atom. The number of halogens is 1. The summed E-state index contributed by atoms with van der Waals surface area (Å²) >= 11 is 0. The molecule has 0 spiro atoms. The maximum atomic E-state index is 13.0. The molecule has 2 N–H and O–H groups in total. The Bertz CT molecular complexity index is 604. The summed E-state index contributed by atoms with van der Waals surface area (Å²) in [6.45, 7) is 8.46. The predicted octanol–water partition coefficient (Wildman–Crippen LogP) is 4.25. The quantitative estimate of drug-likeness (QED) is 0.892. The molecule has 2 aromatic carbocycles. The minimum atomic E-state index is -0.345. The van der Waals surface area contributed by atoms with Crippen LogP contribution in [0.4, 0.5) is 4.39 Å². The smallest absolute Gasteiger partial charge is 0.123 e. The van der Waals surface area contributed by atoms with Gasteiger partial charge in [-0.1, -0.05) is 29.8 Å². The van der Waals surface area contributed by atoms with Crippen LogP contribution in [0, 0.1) is 26.6 Å². The molecule has 2 rings (SSSR count). The zero-order valence-electron chi connectivity index (χ0n) is 13.3. The molecule has 1 atom stereocenters. The lowest BCUT2D eigenvalue weighted by atomic mass is 9.84. The molecule has 0 radical (unpaired) electrons. The molecule has 0 amide bonds. The van der Waals surface area contributed by atoms with E-state index >= 15 is 0 Å². The normalized spacial score (nSPS) is 14.0. The van der Waals surface area contributed by atoms with Gasteiger partial charge in [-0.05, 0) is 74.9 Å². The SMILES string of the molecule is Cc1cc(C)c(CC(C)(N)Cc2ccc(F)cc2)c(C)c1. The molecule has 0 aliphatic carbocycles. The van der Waals surface area contributed by atoms with Crippen LogP contribution in [0.1, 0.15) is 34.7 Å². The molecule has 2 heteroatoms. The maximum absolute atomic E-state index is 13.0. The zero-order chi connectivity index (χ0) is 15.6. The fourth-order valence-electron chi connectivity index (χ4n) is 3.02. The van der Waals surface area contributed by atoms with Crippen LogP contribution in [0.15, 0.2) is 36.4 Å². The summed E-state index contributed by atoms with van der Waals surface area (Å²) in [5, 5.41) is 0. The Hall–Kier alpha value is -1.67. The van der Waals surface area contributed by atoms with E-state index in [2.05, 4.69) is 39.8 Å². The van der Waals surface area contributed by atoms with Crippen LogP contribution < -0.4 is 5.73 Å². The first kappa shape index (κ1) is 15.7. The van der Waals surface area contributed by atoms with Crippen molar-refractivity contribution < 1.29 is 4.39 Å². The van der Waals surface area contributed by atoms with E-state index in [0.717, 1.165) is 18.4 Å². The fraction of sp³-hybridized carbons (Fsp3) is 0.368. The van der Waals surface area contributed by atoms with Gasteiger partial charge in [0.05, 0.1) is 0 Å². The van der Waals surface area contributed by atoms with Crippen LogP contribution in [0.25, 0.3) is 0 Å². The van der Waals surface area contributed by atoms with Gasteiger partial charge in [0.25, 0.3) is 0 Å². The second-order valence-corrected chi connectivity index (χ2v) is 6.51. The van der Waals surface area contributed by atoms with E-state index in [-0.39, 0.29) is 11.4 Å². The number of hydrogen-bond donors (Lipinski definition) is 1. The van der Waals surface area contributed by atoms with E-state index in [1.165, 1.54) is 34.4 Å². The Kier molecular flexibility index (Phi) is 4.48. The van der Waals surface area contributed by atoms with Gasteiger partial charge >= 0.3 is 0 Å². The molecule has 1 nitrogen and oxygen atoms in total. The van der Waals surface area contributed by atoms with Crippen molar-refractivity contribution in [1.82, 2.24) is 0 Å². The third-order valence-corrected chi connectivity index (χ3v) is 3.94. The first-order chi connectivity index (χ1) is 9.77. The van der Waals surface area contributed by atoms with Crippen molar-refractivity contribution in [1.29, 1.82) is 0 Å². The Balaban J connectivity index is 2.19. The summed E-state index contributed by atoms with van der Waals surface area (Å²) < 4.78 is 13.0. The number of aryl methyl sites for hydroxylation is 3. The van der Waals surface area contributed by atoms with Crippen LogP contribution >= 0.6 is 0 Å². The van der Waals surface area contributed by atoms with Gasteiger partial charge in [0.15, 0.2) is 0 Å². The highest BCUT2D eigenvalue weighted by molar-refractivity contribution is 5.38. The average molecular weight is 285 g/mol. The molecule has 0 aromatic heterocycles. The highest BCUT2D eigenvalue weighted by Gasteiger charge is 2.21. The molecule has 0 saturated heterocycles. The van der Waals surface area contributed by atoms with Crippen LogP contribution in [0.3, 0.4) is 0 Å². The minimum absolute atomic E-state index is 0.206. The van der Waals surface area contributed by atoms with Gasteiger partial charge < -0.3 is 5.73 Å². The highest BCUT2D eigenvalue weighted by atomic mass is 19.1. The first-order valence-electron chi connectivity index (χ1n) is 7.37. The van der Waals surface area contributed by atoms with Crippen molar-refractivity contribution in [3.8, 4) is 0 Å². The molecule has 0 heterocycles. The average Bonchev–Trinajstić information content (AvgIpc) is 2.36. The fourth-order valence-corrected chi connectivity index (χ4v) is 3.02. The summed E-state index contributed by atoms with van der Waals surface area (Å²) in [5.74, 6) is -0.206. The monoisotopic (exact) mass is 285 g/mol. The third kappa shape index (κ3) is 4.15. The van der Waals surface area contributed by atoms with E-state index < -0.39 is 0 Å². The second kappa shape index (κ2) is 5.98. The number of nitrogens with two attached hydrogens (primary N) is 1. The van der Waals surface area contributed by atoms with Crippen molar-refractivity contribution in [2.24, 2.45) is 5.73 Å². The molecule has 0 aliphatic heterocycles. The molecule has 112 valence electrons. The molecule has 1 unspecified atom stereocenters. The van der Waals surface area contributed by atoms with Gasteiger partial charge in [0.1, 0.15) is 5.82 Å². The lowest BCUT2D eigenvalue weighted by Crippen LogP contribution is -2.41.